The Bertz CT molecular complexity index is 532. The number of fused-ring (bicyclic) bond motifs is 1. The lowest BCUT2D eigenvalue weighted by molar-refractivity contribution is 0.0767. The predicted octanol–water partition coefficient (Wildman–Crippen LogP) is 1.68. The summed E-state index contributed by atoms with van der Waals surface area (Å²) < 4.78 is 5.71. The molecule has 114 valence electrons. The highest BCUT2D eigenvalue weighted by Gasteiger charge is 2.43. The lowest BCUT2D eigenvalue weighted by Gasteiger charge is -2.20. The van der Waals surface area contributed by atoms with E-state index in [4.69, 9.17) is 10.5 Å². The van der Waals surface area contributed by atoms with Crippen molar-refractivity contribution in [2.24, 2.45) is 17.6 Å². The van der Waals surface area contributed by atoms with Crippen molar-refractivity contribution in [2.45, 2.75) is 38.8 Å². The van der Waals surface area contributed by atoms with Gasteiger partial charge in [-0.2, -0.15) is 0 Å². The Hall–Kier alpha value is -1.62. The highest BCUT2D eigenvalue weighted by molar-refractivity contribution is 5.95. The molecule has 1 amide bonds. The van der Waals surface area contributed by atoms with E-state index in [1.807, 2.05) is 24.8 Å². The summed E-state index contributed by atoms with van der Waals surface area (Å²) in [6, 6.07) is 3.84. The van der Waals surface area contributed by atoms with Gasteiger partial charge in [-0.05, 0) is 50.7 Å². The molecule has 0 spiro atoms. The van der Waals surface area contributed by atoms with Crippen molar-refractivity contribution in [3.63, 3.8) is 0 Å². The number of nitrogens with two attached hydrogens (primary N) is 1. The Morgan fingerprint density at radius 3 is 2.95 bits per heavy atom. The lowest BCUT2D eigenvalue weighted by atomic mass is 9.98. The molecule has 1 saturated carbocycles. The molecule has 3 unspecified atom stereocenters. The van der Waals surface area contributed by atoms with Crippen LogP contribution in [0.25, 0.3) is 0 Å². The summed E-state index contributed by atoms with van der Waals surface area (Å²) >= 11 is 0. The average molecular weight is 289 g/mol. The first-order valence-corrected chi connectivity index (χ1v) is 7.72. The molecule has 2 aliphatic rings. The molecular weight excluding hydrogens is 266 g/mol. The average Bonchev–Trinajstić information content (AvgIpc) is 3.01. The summed E-state index contributed by atoms with van der Waals surface area (Å²) in [6.45, 7) is 5.44. The van der Waals surface area contributed by atoms with E-state index < -0.39 is 0 Å². The minimum atomic E-state index is -0.0344. The molecule has 21 heavy (non-hydrogen) atoms. The third kappa shape index (κ3) is 2.75. The number of carbonyl (C=O) groups excluding carboxylic acids is 1. The van der Waals surface area contributed by atoms with Crippen LogP contribution in [0, 0.1) is 11.8 Å². The van der Waals surface area contributed by atoms with Crippen LogP contribution in [0.5, 0.6) is 5.75 Å². The van der Waals surface area contributed by atoms with Gasteiger partial charge in [-0.25, -0.2) is 4.98 Å². The van der Waals surface area contributed by atoms with Crippen LogP contribution in [0.15, 0.2) is 18.3 Å². The molecule has 3 rings (SSSR count). The Kier molecular flexibility index (Phi) is 3.85. The molecule has 1 saturated heterocycles. The Morgan fingerprint density at radius 1 is 1.43 bits per heavy atom. The zero-order valence-corrected chi connectivity index (χ0v) is 12.7. The summed E-state index contributed by atoms with van der Waals surface area (Å²) in [7, 11) is 0. The van der Waals surface area contributed by atoms with Gasteiger partial charge in [0.2, 0.25) is 0 Å². The van der Waals surface area contributed by atoms with Crippen LogP contribution < -0.4 is 10.5 Å². The Balaban J connectivity index is 1.77. The number of rotatable bonds is 3. The third-order valence-electron chi connectivity index (χ3n) is 4.54. The Morgan fingerprint density at radius 2 is 2.24 bits per heavy atom. The van der Waals surface area contributed by atoms with Gasteiger partial charge in [-0.15, -0.1) is 0 Å². The van der Waals surface area contributed by atoms with E-state index in [1.165, 1.54) is 0 Å². The first-order chi connectivity index (χ1) is 10.1. The highest BCUT2D eigenvalue weighted by Crippen LogP contribution is 2.37. The smallest absolute Gasteiger partial charge is 0.276 e. The maximum atomic E-state index is 12.7. The fourth-order valence-electron chi connectivity index (χ4n) is 3.52. The normalized spacial score (nSPS) is 28.0. The van der Waals surface area contributed by atoms with Crippen LogP contribution in [0.1, 0.15) is 37.2 Å². The topological polar surface area (TPSA) is 68.5 Å². The second kappa shape index (κ2) is 5.64. The molecule has 0 aromatic carbocycles. The Labute approximate surface area is 125 Å². The molecule has 0 radical (unpaired) electrons. The standard InChI is InChI=1S/C16H23N3O2/c1-10(2)21-14-4-3-7-18-15(14)16(20)19-8-11-5-6-13(17)12(11)9-19/h3-4,7,10-13H,5-6,8-9,17H2,1-2H3. The van der Waals surface area contributed by atoms with Crippen LogP contribution in [0.2, 0.25) is 0 Å². The van der Waals surface area contributed by atoms with Gasteiger partial charge in [-0.1, -0.05) is 0 Å². The fourth-order valence-corrected chi connectivity index (χ4v) is 3.52. The summed E-state index contributed by atoms with van der Waals surface area (Å²) in [6.07, 6.45) is 3.88. The van der Waals surface area contributed by atoms with E-state index in [0.29, 0.717) is 23.3 Å². The van der Waals surface area contributed by atoms with E-state index in [-0.39, 0.29) is 18.1 Å². The minimum Gasteiger partial charge on any atom is -0.489 e. The van der Waals surface area contributed by atoms with Gasteiger partial charge in [0.1, 0.15) is 0 Å². The monoisotopic (exact) mass is 289 g/mol. The molecule has 1 aromatic rings. The zero-order valence-electron chi connectivity index (χ0n) is 12.7. The summed E-state index contributed by atoms with van der Waals surface area (Å²) in [5, 5.41) is 0. The van der Waals surface area contributed by atoms with E-state index in [2.05, 4.69) is 4.98 Å². The molecule has 2 heterocycles. The molecule has 1 aliphatic carbocycles. The third-order valence-corrected chi connectivity index (χ3v) is 4.54. The van der Waals surface area contributed by atoms with E-state index in [9.17, 15) is 4.79 Å². The van der Waals surface area contributed by atoms with Crippen LogP contribution >= 0.6 is 0 Å². The van der Waals surface area contributed by atoms with Crippen LogP contribution in [0.3, 0.4) is 0 Å². The van der Waals surface area contributed by atoms with Gasteiger partial charge in [0.05, 0.1) is 6.10 Å². The first kappa shape index (κ1) is 14.3. The first-order valence-electron chi connectivity index (χ1n) is 7.72. The maximum Gasteiger partial charge on any atom is 0.276 e. The number of carbonyl (C=O) groups is 1. The maximum absolute atomic E-state index is 12.7. The van der Waals surface area contributed by atoms with Crippen molar-refractivity contribution >= 4 is 5.91 Å². The van der Waals surface area contributed by atoms with Crippen LogP contribution in [-0.4, -0.2) is 41.0 Å². The summed E-state index contributed by atoms with van der Waals surface area (Å²) in [5.41, 5.74) is 6.55. The summed E-state index contributed by atoms with van der Waals surface area (Å²) in [4.78, 5) is 18.9. The quantitative estimate of drug-likeness (QED) is 0.919. The van der Waals surface area contributed by atoms with Gasteiger partial charge in [-0.3, -0.25) is 4.79 Å². The predicted molar refractivity (Wildman–Crippen MR) is 80.1 cm³/mol. The number of hydrogen-bond donors (Lipinski definition) is 1. The van der Waals surface area contributed by atoms with Crippen molar-refractivity contribution in [2.75, 3.05) is 13.1 Å². The number of pyridine rings is 1. The second-order valence-electron chi connectivity index (χ2n) is 6.39. The number of nitrogens with zero attached hydrogens (tertiary/aromatic N) is 2. The number of ether oxygens (including phenoxy) is 1. The molecule has 3 atom stereocenters. The number of likely N-dealkylation sites (tertiary alicyclic amines) is 1. The number of aromatic nitrogens is 1. The molecule has 1 aromatic heterocycles. The van der Waals surface area contributed by atoms with E-state index in [1.54, 1.807) is 12.3 Å². The van der Waals surface area contributed by atoms with Gasteiger partial charge in [0.25, 0.3) is 5.91 Å². The van der Waals surface area contributed by atoms with Crippen LogP contribution in [0.4, 0.5) is 0 Å². The van der Waals surface area contributed by atoms with Crippen molar-refractivity contribution in [1.29, 1.82) is 0 Å². The van der Waals surface area contributed by atoms with Gasteiger partial charge >= 0.3 is 0 Å². The lowest BCUT2D eigenvalue weighted by Crippen LogP contribution is -2.34. The van der Waals surface area contributed by atoms with Gasteiger partial charge < -0.3 is 15.4 Å². The molecule has 5 heteroatoms. The van der Waals surface area contributed by atoms with E-state index in [0.717, 1.165) is 25.9 Å². The number of hydrogen-bond acceptors (Lipinski definition) is 4. The molecular formula is C16H23N3O2. The van der Waals surface area contributed by atoms with Crippen molar-refractivity contribution < 1.29 is 9.53 Å². The SMILES string of the molecule is CC(C)Oc1cccnc1C(=O)N1CC2CCC(N)C2C1. The van der Waals surface area contributed by atoms with Crippen LogP contribution in [-0.2, 0) is 0 Å². The van der Waals surface area contributed by atoms with Crippen molar-refractivity contribution in [3.8, 4) is 5.75 Å². The number of amides is 1. The van der Waals surface area contributed by atoms with Crippen molar-refractivity contribution in [3.05, 3.63) is 24.0 Å². The summed E-state index contributed by atoms with van der Waals surface area (Å²) in [5.74, 6) is 1.54. The highest BCUT2D eigenvalue weighted by atomic mass is 16.5. The molecule has 1 aliphatic heterocycles. The zero-order chi connectivity index (χ0) is 15.0. The molecule has 2 N–H and O–H groups in total. The largest absolute Gasteiger partial charge is 0.489 e. The molecule has 5 nitrogen and oxygen atoms in total. The fraction of sp³-hybridized carbons (Fsp3) is 0.625. The second-order valence-corrected chi connectivity index (χ2v) is 6.39. The van der Waals surface area contributed by atoms with Gasteiger partial charge in [0, 0.05) is 25.3 Å². The van der Waals surface area contributed by atoms with E-state index >= 15 is 0 Å². The van der Waals surface area contributed by atoms with Crippen molar-refractivity contribution in [1.82, 2.24) is 9.88 Å². The van der Waals surface area contributed by atoms with Gasteiger partial charge in [0.15, 0.2) is 11.4 Å². The minimum absolute atomic E-state index is 0.0205. The molecule has 2 fully saturated rings. The molecule has 0 bridgehead atoms.